The summed E-state index contributed by atoms with van der Waals surface area (Å²) in [6, 6.07) is 13.5. The van der Waals surface area contributed by atoms with Crippen molar-refractivity contribution in [1.29, 1.82) is 0 Å². The Morgan fingerprint density at radius 2 is 1.75 bits per heavy atom. The number of fused-ring (bicyclic) bond motifs is 1. The first-order valence-electron chi connectivity index (χ1n) is 7.97. The van der Waals surface area contributed by atoms with Crippen molar-refractivity contribution in [2.75, 3.05) is 12.3 Å². The molecule has 4 heteroatoms. The normalized spacial score (nSPS) is 11.3. The Kier molecular flexibility index (Phi) is 17.0. The van der Waals surface area contributed by atoms with E-state index in [9.17, 15) is 0 Å². The molecule has 0 atom stereocenters. The number of halogens is 2. The van der Waals surface area contributed by atoms with Gasteiger partial charge in [-0.25, -0.2) is 12.2 Å². The summed E-state index contributed by atoms with van der Waals surface area (Å²) < 4.78 is 0. The van der Waals surface area contributed by atoms with Gasteiger partial charge in [-0.2, -0.15) is 12.1 Å². The summed E-state index contributed by atoms with van der Waals surface area (Å²) in [5.41, 5.74) is 0. The van der Waals surface area contributed by atoms with Crippen molar-refractivity contribution in [3.63, 3.8) is 0 Å². The van der Waals surface area contributed by atoms with Gasteiger partial charge in [-0.15, -0.1) is 46.8 Å². The molecule has 0 saturated carbocycles. The van der Waals surface area contributed by atoms with Crippen LogP contribution in [0.15, 0.2) is 54.6 Å². The quantitative estimate of drug-likeness (QED) is 0.277. The van der Waals surface area contributed by atoms with Crippen molar-refractivity contribution in [3.8, 4) is 0 Å². The molecule has 0 radical (unpaired) electrons. The molecule has 0 fully saturated rings. The molecular formula is C20H25Cl2HfP. The van der Waals surface area contributed by atoms with Crippen LogP contribution < -0.4 is 30.1 Å². The zero-order valence-electron chi connectivity index (χ0n) is 14.4. The summed E-state index contributed by atoms with van der Waals surface area (Å²) in [5.74, 6) is 0. The number of hydrogen-bond acceptors (Lipinski definition) is 0. The van der Waals surface area contributed by atoms with Crippen LogP contribution in [0.3, 0.4) is 0 Å². The molecule has 0 saturated heterocycles. The summed E-state index contributed by atoms with van der Waals surface area (Å²) in [7, 11) is 0.0972. The van der Waals surface area contributed by atoms with Gasteiger partial charge in [0.1, 0.15) is 0 Å². The van der Waals surface area contributed by atoms with Crippen LogP contribution in [0, 0.1) is 6.08 Å². The van der Waals surface area contributed by atoms with Crippen LogP contribution in [-0.2, 0) is 25.8 Å². The number of benzene rings is 1. The Morgan fingerprint density at radius 1 is 1.08 bits per heavy atom. The van der Waals surface area contributed by atoms with Crippen molar-refractivity contribution < 1.29 is 50.7 Å². The number of hydrogen-bond donors (Lipinski definition) is 0. The van der Waals surface area contributed by atoms with Crippen LogP contribution in [0.5, 0.6) is 0 Å². The van der Waals surface area contributed by atoms with Crippen LogP contribution in [0.1, 0.15) is 33.1 Å². The zero-order valence-corrected chi connectivity index (χ0v) is 20.4. The average molecular weight is 546 g/mol. The fourth-order valence-corrected chi connectivity index (χ4v) is 5.03. The second-order valence-corrected chi connectivity index (χ2v) is 7.82. The van der Waals surface area contributed by atoms with Gasteiger partial charge in [-0.3, -0.25) is 6.08 Å². The van der Waals surface area contributed by atoms with E-state index in [2.05, 4.69) is 62.4 Å². The maximum absolute atomic E-state index is 2.99. The van der Waals surface area contributed by atoms with Gasteiger partial charge in [0, 0.05) is 0 Å². The molecule has 0 N–H and O–H groups in total. The molecule has 0 amide bonds. The van der Waals surface area contributed by atoms with E-state index in [-0.39, 0.29) is 58.6 Å². The summed E-state index contributed by atoms with van der Waals surface area (Å²) in [6.45, 7) is 4.60. The minimum atomic E-state index is 0. The zero-order chi connectivity index (χ0) is 14.9. The Balaban J connectivity index is 0. The predicted molar refractivity (Wildman–Crippen MR) is 98.0 cm³/mol. The molecule has 2 aromatic carbocycles. The van der Waals surface area contributed by atoms with Gasteiger partial charge in [0.2, 0.25) is 0 Å². The molecule has 2 aromatic rings. The molecule has 0 aliphatic heterocycles. The van der Waals surface area contributed by atoms with Gasteiger partial charge in [-0.05, 0) is 12.3 Å². The van der Waals surface area contributed by atoms with E-state index < -0.39 is 0 Å². The molecule has 0 unspecified atom stereocenters. The third-order valence-corrected chi connectivity index (χ3v) is 6.50. The van der Waals surface area contributed by atoms with Gasteiger partial charge in [0.05, 0.1) is 0 Å². The molecule has 0 spiro atoms. The van der Waals surface area contributed by atoms with E-state index in [0.29, 0.717) is 0 Å². The second-order valence-electron chi connectivity index (χ2n) is 5.33. The Hall–Kier alpha value is 0.190. The van der Waals surface area contributed by atoms with Gasteiger partial charge in [0.15, 0.2) is 0 Å². The molecule has 0 heterocycles. The van der Waals surface area contributed by atoms with Crippen LogP contribution in [0.2, 0.25) is 0 Å². The molecule has 0 bridgehead atoms. The molecule has 1 aliphatic rings. The van der Waals surface area contributed by atoms with E-state index in [1.165, 1.54) is 35.9 Å². The number of allylic oxidation sites excluding steroid dienone is 4. The monoisotopic (exact) mass is 546 g/mol. The van der Waals surface area contributed by atoms with E-state index in [0.717, 1.165) is 6.42 Å². The Bertz CT molecular complexity index is 555. The summed E-state index contributed by atoms with van der Waals surface area (Å²) >= 11 is 0. The smallest absolute Gasteiger partial charge is 1.00 e. The first-order chi connectivity index (χ1) is 10.3. The summed E-state index contributed by atoms with van der Waals surface area (Å²) in [5, 5.41) is 4.44. The van der Waals surface area contributed by atoms with Crippen molar-refractivity contribution in [2.45, 2.75) is 33.1 Å². The fraction of sp³-hybridized carbons (Fsp3) is 0.350. The van der Waals surface area contributed by atoms with E-state index in [4.69, 9.17) is 0 Å². The largest absolute Gasteiger partial charge is 4.00 e. The van der Waals surface area contributed by atoms with Crippen molar-refractivity contribution in [1.82, 2.24) is 0 Å². The van der Waals surface area contributed by atoms with E-state index >= 15 is 0 Å². The number of rotatable bonds is 5. The topological polar surface area (TPSA) is 0 Å². The van der Waals surface area contributed by atoms with E-state index in [1.54, 1.807) is 5.30 Å². The van der Waals surface area contributed by atoms with Crippen LogP contribution >= 0.6 is 7.92 Å². The van der Waals surface area contributed by atoms with Crippen LogP contribution in [-0.4, -0.2) is 12.3 Å². The fourth-order valence-electron chi connectivity index (χ4n) is 2.57. The standard InChI is InChI=1S/C15H20P.C5H5.2ClH.Hf/c1-3-9-16(10-4-2)15-11-13-7-5-6-8-14(13)12-15;1-2-4-5-3-1;;;/h5-8,11-12H,3-4,9-10H2,1-2H3;1-3H,4H2;2*1H;/q2*-1;;;+4/p-2. The van der Waals surface area contributed by atoms with Gasteiger partial charge < -0.3 is 24.8 Å². The predicted octanol–water partition coefficient (Wildman–Crippen LogP) is -0.203. The van der Waals surface area contributed by atoms with Crippen molar-refractivity contribution in [2.24, 2.45) is 0 Å². The van der Waals surface area contributed by atoms with Gasteiger partial charge >= 0.3 is 25.8 Å². The minimum absolute atomic E-state index is 0. The first kappa shape index (κ1) is 26.4. The molecule has 24 heavy (non-hydrogen) atoms. The van der Waals surface area contributed by atoms with Gasteiger partial charge in [-0.1, -0.05) is 40.7 Å². The summed E-state index contributed by atoms with van der Waals surface area (Å²) in [6.07, 6.45) is 15.4. The van der Waals surface area contributed by atoms with Crippen molar-refractivity contribution in [3.05, 3.63) is 60.7 Å². The minimum Gasteiger partial charge on any atom is -1.00 e. The molecule has 0 nitrogen and oxygen atoms in total. The maximum Gasteiger partial charge on any atom is 4.00 e. The molecular weight excluding hydrogens is 521 g/mol. The van der Waals surface area contributed by atoms with E-state index in [1.807, 2.05) is 12.2 Å². The summed E-state index contributed by atoms with van der Waals surface area (Å²) in [4.78, 5) is 0. The third kappa shape index (κ3) is 8.52. The molecule has 1 aliphatic carbocycles. The van der Waals surface area contributed by atoms with Crippen LogP contribution in [0.4, 0.5) is 0 Å². The second kappa shape index (κ2) is 15.4. The van der Waals surface area contributed by atoms with Gasteiger partial charge in [0.25, 0.3) is 0 Å². The Labute approximate surface area is 179 Å². The van der Waals surface area contributed by atoms with Crippen LogP contribution in [0.25, 0.3) is 10.8 Å². The average Bonchev–Trinajstić information content (AvgIpc) is 3.19. The SMILES string of the molecule is CCCP(CCC)c1cc2ccccc2[cH-]1.[C-]1=CC=CC1.[Cl-].[Cl-].[Hf+4]. The maximum atomic E-state index is 2.99. The van der Waals surface area contributed by atoms with Crippen molar-refractivity contribution >= 4 is 24.0 Å². The first-order valence-corrected chi connectivity index (χ1v) is 9.68. The molecule has 3 rings (SSSR count). The molecule has 0 aromatic heterocycles. The molecule has 128 valence electrons. The Morgan fingerprint density at radius 3 is 2.21 bits per heavy atom. The third-order valence-electron chi connectivity index (χ3n) is 3.54.